The third kappa shape index (κ3) is 3.38. The number of rotatable bonds is 4. The summed E-state index contributed by atoms with van der Waals surface area (Å²) in [5.74, 6) is -0.191. The van der Waals surface area contributed by atoms with Crippen LogP contribution in [-0.2, 0) is 0 Å². The van der Waals surface area contributed by atoms with E-state index in [0.717, 1.165) is 28.9 Å². The van der Waals surface area contributed by atoms with E-state index in [1.54, 1.807) is 18.3 Å². The third-order valence-electron chi connectivity index (χ3n) is 3.06. The van der Waals surface area contributed by atoms with Crippen LogP contribution in [0.2, 0.25) is 0 Å². The maximum atomic E-state index is 13.6. The monoisotopic (exact) mass is 258 g/mol. The van der Waals surface area contributed by atoms with Crippen molar-refractivity contribution in [2.75, 3.05) is 6.54 Å². The van der Waals surface area contributed by atoms with Gasteiger partial charge in [-0.15, -0.1) is 0 Å². The summed E-state index contributed by atoms with van der Waals surface area (Å²) in [6.45, 7) is 6.74. The Bertz CT molecular complexity index is 546. The normalized spacial score (nSPS) is 12.4. The summed E-state index contributed by atoms with van der Waals surface area (Å²) in [6.07, 6.45) is 1.79. The predicted octanol–water partition coefficient (Wildman–Crippen LogP) is 3.54. The van der Waals surface area contributed by atoms with Crippen molar-refractivity contribution in [1.82, 2.24) is 10.3 Å². The van der Waals surface area contributed by atoms with Gasteiger partial charge in [-0.2, -0.15) is 0 Å². The first kappa shape index (κ1) is 13.7. The molecule has 2 nitrogen and oxygen atoms in total. The van der Waals surface area contributed by atoms with Crippen molar-refractivity contribution in [3.8, 4) is 0 Å². The van der Waals surface area contributed by atoms with Gasteiger partial charge in [0.05, 0.1) is 6.04 Å². The second kappa shape index (κ2) is 5.93. The van der Waals surface area contributed by atoms with E-state index in [2.05, 4.69) is 10.3 Å². The molecular formula is C16H19FN2. The van der Waals surface area contributed by atoms with E-state index in [0.29, 0.717) is 0 Å². The quantitative estimate of drug-likeness (QED) is 0.907. The first-order valence-electron chi connectivity index (χ1n) is 6.53. The lowest BCUT2D eigenvalue weighted by Gasteiger charge is -2.20. The van der Waals surface area contributed by atoms with E-state index in [4.69, 9.17) is 0 Å². The fourth-order valence-electron chi connectivity index (χ4n) is 2.31. The Morgan fingerprint density at radius 2 is 1.95 bits per heavy atom. The van der Waals surface area contributed by atoms with Gasteiger partial charge in [0.25, 0.3) is 0 Å². The lowest BCUT2D eigenvalue weighted by molar-refractivity contribution is 0.601. The zero-order valence-electron chi connectivity index (χ0n) is 11.6. The fourth-order valence-corrected chi connectivity index (χ4v) is 2.31. The average molecular weight is 258 g/mol. The molecule has 0 saturated carbocycles. The van der Waals surface area contributed by atoms with Gasteiger partial charge in [0.2, 0.25) is 0 Å². The van der Waals surface area contributed by atoms with Crippen LogP contribution in [0.4, 0.5) is 4.39 Å². The van der Waals surface area contributed by atoms with Crippen molar-refractivity contribution in [3.63, 3.8) is 0 Å². The summed E-state index contributed by atoms with van der Waals surface area (Å²) >= 11 is 0. The molecule has 0 aliphatic carbocycles. The van der Waals surface area contributed by atoms with Crippen LogP contribution >= 0.6 is 0 Å². The zero-order valence-corrected chi connectivity index (χ0v) is 11.6. The lowest BCUT2D eigenvalue weighted by atomic mass is 9.97. The third-order valence-corrected chi connectivity index (χ3v) is 3.06. The van der Waals surface area contributed by atoms with E-state index in [-0.39, 0.29) is 11.9 Å². The molecule has 2 rings (SSSR count). The molecule has 0 spiro atoms. The molecule has 1 heterocycles. The number of aryl methyl sites for hydroxylation is 2. The molecule has 0 radical (unpaired) electrons. The van der Waals surface area contributed by atoms with Crippen LogP contribution in [-0.4, -0.2) is 11.5 Å². The lowest BCUT2D eigenvalue weighted by Crippen LogP contribution is -2.22. The molecule has 3 heteroatoms. The molecule has 1 aromatic heterocycles. The maximum Gasteiger partial charge on any atom is 0.123 e. The van der Waals surface area contributed by atoms with Crippen LogP contribution in [0.25, 0.3) is 0 Å². The number of hydrogen-bond acceptors (Lipinski definition) is 2. The van der Waals surface area contributed by atoms with Gasteiger partial charge in [0.1, 0.15) is 5.82 Å². The van der Waals surface area contributed by atoms with E-state index in [1.807, 2.05) is 39.0 Å². The first-order chi connectivity index (χ1) is 9.10. The summed E-state index contributed by atoms with van der Waals surface area (Å²) < 4.78 is 13.6. The highest BCUT2D eigenvalue weighted by Gasteiger charge is 2.14. The van der Waals surface area contributed by atoms with Crippen LogP contribution in [0.3, 0.4) is 0 Å². The summed E-state index contributed by atoms with van der Waals surface area (Å²) in [7, 11) is 0. The molecular weight excluding hydrogens is 239 g/mol. The number of benzene rings is 1. The van der Waals surface area contributed by atoms with Crippen molar-refractivity contribution >= 4 is 0 Å². The van der Waals surface area contributed by atoms with Gasteiger partial charge in [-0.1, -0.05) is 13.0 Å². The predicted molar refractivity (Wildman–Crippen MR) is 75.6 cm³/mol. The number of pyridine rings is 1. The topological polar surface area (TPSA) is 24.9 Å². The van der Waals surface area contributed by atoms with Gasteiger partial charge in [0.15, 0.2) is 0 Å². The second-order valence-corrected chi connectivity index (χ2v) is 4.78. The van der Waals surface area contributed by atoms with Crippen molar-refractivity contribution in [2.24, 2.45) is 0 Å². The summed E-state index contributed by atoms with van der Waals surface area (Å²) in [5, 5.41) is 3.40. The first-order valence-corrected chi connectivity index (χ1v) is 6.53. The van der Waals surface area contributed by atoms with E-state index in [9.17, 15) is 4.39 Å². The van der Waals surface area contributed by atoms with E-state index >= 15 is 0 Å². The Balaban J connectivity index is 2.44. The van der Waals surface area contributed by atoms with Gasteiger partial charge in [-0.05, 0) is 61.3 Å². The molecule has 0 aliphatic rings. The van der Waals surface area contributed by atoms with E-state index < -0.39 is 0 Å². The molecule has 2 aromatic rings. The zero-order chi connectivity index (χ0) is 13.8. The Kier molecular flexibility index (Phi) is 4.27. The minimum atomic E-state index is -0.191. The molecule has 0 saturated heterocycles. The van der Waals surface area contributed by atoms with Crippen LogP contribution in [0.5, 0.6) is 0 Å². The van der Waals surface area contributed by atoms with Crippen LogP contribution in [0.1, 0.15) is 35.3 Å². The number of nitrogens with one attached hydrogen (secondary N) is 1. The maximum absolute atomic E-state index is 13.6. The molecule has 19 heavy (non-hydrogen) atoms. The highest BCUT2D eigenvalue weighted by Crippen LogP contribution is 2.24. The van der Waals surface area contributed by atoms with Crippen molar-refractivity contribution < 1.29 is 4.39 Å². The summed E-state index contributed by atoms with van der Waals surface area (Å²) in [4.78, 5) is 4.21. The van der Waals surface area contributed by atoms with E-state index in [1.165, 1.54) is 0 Å². The number of hydrogen-bond donors (Lipinski definition) is 1. The standard InChI is InChI=1S/C16H19FN2/c1-4-18-16(13-5-6-19-12(3)9-13)14-7-11(2)8-15(17)10-14/h5-10,16,18H,4H2,1-3H3. The van der Waals surface area contributed by atoms with Crippen molar-refractivity contribution in [3.05, 3.63) is 64.7 Å². The fraction of sp³-hybridized carbons (Fsp3) is 0.312. The minimum Gasteiger partial charge on any atom is -0.307 e. The number of halogens is 1. The Morgan fingerprint density at radius 1 is 1.16 bits per heavy atom. The molecule has 0 amide bonds. The molecule has 0 aliphatic heterocycles. The highest BCUT2D eigenvalue weighted by molar-refractivity contribution is 5.34. The second-order valence-electron chi connectivity index (χ2n) is 4.78. The average Bonchev–Trinajstić information content (AvgIpc) is 2.34. The number of nitrogens with zero attached hydrogens (tertiary/aromatic N) is 1. The smallest absolute Gasteiger partial charge is 0.123 e. The van der Waals surface area contributed by atoms with Crippen molar-refractivity contribution in [1.29, 1.82) is 0 Å². The van der Waals surface area contributed by atoms with Gasteiger partial charge in [-0.3, -0.25) is 4.98 Å². The van der Waals surface area contributed by atoms with Crippen molar-refractivity contribution in [2.45, 2.75) is 26.8 Å². The van der Waals surface area contributed by atoms with Gasteiger partial charge in [-0.25, -0.2) is 4.39 Å². The molecule has 1 unspecified atom stereocenters. The Morgan fingerprint density at radius 3 is 2.58 bits per heavy atom. The number of aromatic nitrogens is 1. The largest absolute Gasteiger partial charge is 0.307 e. The minimum absolute atomic E-state index is 0.00102. The van der Waals surface area contributed by atoms with Gasteiger partial charge in [0, 0.05) is 11.9 Å². The van der Waals surface area contributed by atoms with Crippen LogP contribution in [0, 0.1) is 19.7 Å². The summed E-state index contributed by atoms with van der Waals surface area (Å²) in [5.41, 5.74) is 3.96. The molecule has 0 fully saturated rings. The van der Waals surface area contributed by atoms with Crippen LogP contribution < -0.4 is 5.32 Å². The van der Waals surface area contributed by atoms with Gasteiger partial charge < -0.3 is 5.32 Å². The highest BCUT2D eigenvalue weighted by atomic mass is 19.1. The van der Waals surface area contributed by atoms with Crippen LogP contribution in [0.15, 0.2) is 36.5 Å². The summed E-state index contributed by atoms with van der Waals surface area (Å²) in [6, 6.07) is 9.17. The molecule has 1 aromatic carbocycles. The Labute approximate surface area is 113 Å². The van der Waals surface area contributed by atoms with Gasteiger partial charge >= 0.3 is 0 Å². The molecule has 1 atom stereocenters. The molecule has 0 bridgehead atoms. The molecule has 1 N–H and O–H groups in total. The molecule has 100 valence electrons. The Hall–Kier alpha value is -1.74. The SMILES string of the molecule is CCNC(c1cc(C)cc(F)c1)c1ccnc(C)c1.